The van der Waals surface area contributed by atoms with Crippen LogP contribution in [0, 0.1) is 5.92 Å². The number of aromatic amines is 1. The van der Waals surface area contributed by atoms with Gasteiger partial charge in [0.05, 0.1) is 6.54 Å². The molecule has 0 spiro atoms. The highest BCUT2D eigenvalue weighted by molar-refractivity contribution is 5.94. The van der Waals surface area contributed by atoms with Gasteiger partial charge in [-0.15, -0.1) is 0 Å². The van der Waals surface area contributed by atoms with E-state index in [0.29, 0.717) is 31.2 Å². The molecule has 2 amide bonds. The monoisotopic (exact) mass is 347 g/mol. The second-order valence-corrected chi connectivity index (χ2v) is 7.55. The van der Waals surface area contributed by atoms with Gasteiger partial charge in [-0.2, -0.15) is 5.10 Å². The number of carbonyl (C=O) groups excluding carboxylic acids is 2. The Bertz CT molecular complexity index is 619. The van der Waals surface area contributed by atoms with Gasteiger partial charge in [-0.1, -0.05) is 19.3 Å². The first kappa shape index (κ1) is 17.9. The number of hydrogen-bond acceptors (Lipinski definition) is 4. The quantitative estimate of drug-likeness (QED) is 0.838. The van der Waals surface area contributed by atoms with E-state index in [-0.39, 0.29) is 11.8 Å². The minimum Gasteiger partial charge on any atom is -0.350 e. The molecule has 1 fully saturated rings. The van der Waals surface area contributed by atoms with Crippen LogP contribution in [0.1, 0.15) is 53.8 Å². The van der Waals surface area contributed by atoms with E-state index in [1.54, 1.807) is 0 Å². The maximum Gasteiger partial charge on any atom is 0.272 e. The van der Waals surface area contributed by atoms with Crippen LogP contribution in [0.25, 0.3) is 0 Å². The van der Waals surface area contributed by atoms with E-state index in [2.05, 4.69) is 15.5 Å². The van der Waals surface area contributed by atoms with Crippen molar-refractivity contribution in [3.05, 3.63) is 17.0 Å². The number of nitrogens with one attached hydrogen (secondary N) is 2. The maximum atomic E-state index is 12.6. The second kappa shape index (κ2) is 7.99. The average molecular weight is 347 g/mol. The first-order chi connectivity index (χ1) is 12.0. The van der Waals surface area contributed by atoms with Crippen LogP contribution in [-0.2, 0) is 17.8 Å². The summed E-state index contributed by atoms with van der Waals surface area (Å²) in [5.74, 6) is 0.557. The maximum absolute atomic E-state index is 12.6. The molecular weight excluding hydrogens is 318 g/mol. The number of nitrogens with zero attached hydrogens (tertiary/aromatic N) is 3. The third-order valence-corrected chi connectivity index (χ3v) is 5.23. The summed E-state index contributed by atoms with van der Waals surface area (Å²) < 4.78 is 0. The topological polar surface area (TPSA) is 81.3 Å². The van der Waals surface area contributed by atoms with Crippen molar-refractivity contribution in [2.45, 2.75) is 45.1 Å². The number of fused-ring (bicyclic) bond motifs is 1. The Morgan fingerprint density at radius 1 is 1.28 bits per heavy atom. The highest BCUT2D eigenvalue weighted by Crippen LogP contribution is 2.24. The zero-order valence-electron chi connectivity index (χ0n) is 15.3. The number of aromatic nitrogens is 2. The highest BCUT2D eigenvalue weighted by Gasteiger charge is 2.28. The number of rotatable bonds is 5. The summed E-state index contributed by atoms with van der Waals surface area (Å²) in [4.78, 5) is 28.6. The molecule has 2 aliphatic rings. The fraction of sp³-hybridized carbons (Fsp3) is 0.722. The van der Waals surface area contributed by atoms with Crippen molar-refractivity contribution < 1.29 is 9.59 Å². The van der Waals surface area contributed by atoms with E-state index in [1.807, 2.05) is 23.9 Å². The first-order valence-electron chi connectivity index (χ1n) is 9.31. The van der Waals surface area contributed by atoms with Crippen LogP contribution in [0.4, 0.5) is 0 Å². The standard InChI is InChI=1S/C18H29N5O2/c1-22(2)12-16(24)23-9-8-15-14(11-23)17(21-20-15)18(25)19-10-13-6-4-3-5-7-13/h13H,3-12H2,1-2H3,(H,19,25)(H,20,21). The van der Waals surface area contributed by atoms with Crippen LogP contribution >= 0.6 is 0 Å². The summed E-state index contributed by atoms with van der Waals surface area (Å²) in [6.07, 6.45) is 6.96. The fourth-order valence-corrected chi connectivity index (χ4v) is 3.78. The Morgan fingerprint density at radius 2 is 2.04 bits per heavy atom. The normalized spacial score (nSPS) is 18.3. The van der Waals surface area contributed by atoms with Crippen LogP contribution in [0.2, 0.25) is 0 Å². The molecule has 3 rings (SSSR count). The largest absolute Gasteiger partial charge is 0.350 e. The van der Waals surface area contributed by atoms with Gasteiger partial charge < -0.3 is 15.1 Å². The van der Waals surface area contributed by atoms with Gasteiger partial charge in [0.25, 0.3) is 5.91 Å². The van der Waals surface area contributed by atoms with E-state index in [4.69, 9.17) is 0 Å². The van der Waals surface area contributed by atoms with Gasteiger partial charge in [-0.3, -0.25) is 14.7 Å². The molecular formula is C18H29N5O2. The molecule has 0 unspecified atom stereocenters. The number of hydrogen-bond donors (Lipinski definition) is 2. The molecule has 0 radical (unpaired) electrons. The molecule has 1 aliphatic heterocycles. The lowest BCUT2D eigenvalue weighted by molar-refractivity contribution is -0.132. The van der Waals surface area contributed by atoms with Gasteiger partial charge >= 0.3 is 0 Å². The van der Waals surface area contributed by atoms with Gasteiger partial charge in [-0.25, -0.2) is 0 Å². The molecule has 7 heteroatoms. The predicted molar refractivity (Wildman–Crippen MR) is 95.2 cm³/mol. The number of H-pyrrole nitrogens is 1. The zero-order valence-corrected chi connectivity index (χ0v) is 15.3. The van der Waals surface area contributed by atoms with Gasteiger partial charge in [0.2, 0.25) is 5.91 Å². The van der Waals surface area contributed by atoms with Gasteiger partial charge in [0.15, 0.2) is 5.69 Å². The van der Waals surface area contributed by atoms with Crippen LogP contribution in [0.3, 0.4) is 0 Å². The molecule has 138 valence electrons. The van der Waals surface area contributed by atoms with E-state index >= 15 is 0 Å². The van der Waals surface area contributed by atoms with Crippen molar-refractivity contribution >= 4 is 11.8 Å². The molecule has 1 aliphatic carbocycles. The third-order valence-electron chi connectivity index (χ3n) is 5.23. The average Bonchev–Trinajstić information content (AvgIpc) is 3.03. The molecule has 25 heavy (non-hydrogen) atoms. The molecule has 0 atom stereocenters. The Hall–Kier alpha value is -1.89. The SMILES string of the molecule is CN(C)CC(=O)N1CCc2[nH]nc(C(=O)NCC3CCCCC3)c2C1. The van der Waals surface area contributed by atoms with Crippen LogP contribution < -0.4 is 5.32 Å². The summed E-state index contributed by atoms with van der Waals surface area (Å²) in [7, 11) is 3.77. The van der Waals surface area contributed by atoms with Crippen molar-refractivity contribution in [2.24, 2.45) is 5.92 Å². The van der Waals surface area contributed by atoms with Crippen LogP contribution in [-0.4, -0.2) is 65.5 Å². The summed E-state index contributed by atoms with van der Waals surface area (Å²) in [5.41, 5.74) is 2.31. The number of amides is 2. The van der Waals surface area contributed by atoms with Crippen LogP contribution in [0.5, 0.6) is 0 Å². The Balaban J connectivity index is 1.61. The Labute approximate surface area is 149 Å². The lowest BCUT2D eigenvalue weighted by Crippen LogP contribution is -2.41. The highest BCUT2D eigenvalue weighted by atomic mass is 16.2. The van der Waals surface area contributed by atoms with E-state index < -0.39 is 0 Å². The number of likely N-dealkylation sites (N-methyl/N-ethyl adjacent to an activating group) is 1. The summed E-state index contributed by atoms with van der Waals surface area (Å²) in [6.45, 7) is 2.25. The minimum atomic E-state index is -0.120. The van der Waals surface area contributed by atoms with Gasteiger partial charge in [-0.05, 0) is 32.9 Å². The minimum absolute atomic E-state index is 0.0883. The van der Waals surface area contributed by atoms with Crippen molar-refractivity contribution in [2.75, 3.05) is 33.7 Å². The third kappa shape index (κ3) is 4.39. The second-order valence-electron chi connectivity index (χ2n) is 7.55. The molecule has 1 aromatic rings. The molecule has 1 aromatic heterocycles. The molecule has 7 nitrogen and oxygen atoms in total. The first-order valence-corrected chi connectivity index (χ1v) is 9.31. The summed E-state index contributed by atoms with van der Waals surface area (Å²) in [5, 5.41) is 10.3. The van der Waals surface area contributed by atoms with Gasteiger partial charge in [0, 0.05) is 37.3 Å². The Kier molecular flexibility index (Phi) is 5.73. The molecule has 2 N–H and O–H groups in total. The fourth-order valence-electron chi connectivity index (χ4n) is 3.78. The van der Waals surface area contributed by atoms with E-state index in [9.17, 15) is 9.59 Å². The summed E-state index contributed by atoms with van der Waals surface area (Å²) >= 11 is 0. The van der Waals surface area contributed by atoms with E-state index in [0.717, 1.165) is 24.2 Å². The Morgan fingerprint density at radius 3 is 2.76 bits per heavy atom. The van der Waals surface area contributed by atoms with Crippen molar-refractivity contribution in [3.63, 3.8) is 0 Å². The van der Waals surface area contributed by atoms with Crippen molar-refractivity contribution in [1.82, 2.24) is 25.3 Å². The molecule has 0 aromatic carbocycles. The summed E-state index contributed by atoms with van der Waals surface area (Å²) in [6, 6.07) is 0. The molecule has 1 saturated carbocycles. The zero-order chi connectivity index (χ0) is 17.8. The predicted octanol–water partition coefficient (Wildman–Crippen LogP) is 1.17. The van der Waals surface area contributed by atoms with E-state index in [1.165, 1.54) is 32.1 Å². The smallest absolute Gasteiger partial charge is 0.272 e. The van der Waals surface area contributed by atoms with Gasteiger partial charge in [0.1, 0.15) is 0 Å². The number of carbonyl (C=O) groups is 2. The molecule has 0 bridgehead atoms. The lowest BCUT2D eigenvalue weighted by atomic mass is 9.89. The van der Waals surface area contributed by atoms with Crippen molar-refractivity contribution in [1.29, 1.82) is 0 Å². The van der Waals surface area contributed by atoms with Crippen LogP contribution in [0.15, 0.2) is 0 Å². The molecule has 2 heterocycles. The molecule has 0 saturated heterocycles. The van der Waals surface area contributed by atoms with Crippen molar-refractivity contribution in [3.8, 4) is 0 Å². The lowest BCUT2D eigenvalue weighted by Gasteiger charge is -2.28.